The molecule has 0 aliphatic rings. The molecule has 2 nitrogen and oxygen atoms in total. The predicted molar refractivity (Wildman–Crippen MR) is 25.2 cm³/mol. The fraction of sp³-hybridized carbons (Fsp3) is 0.200. The minimum absolute atomic E-state index is 0.711. The van der Waals surface area contributed by atoms with Crippen LogP contribution in [0.3, 0.4) is 0 Å². The quantitative estimate of drug-likeness (QED) is 0.591. The Morgan fingerprint density at radius 2 is 2.00 bits per heavy atom. The fourth-order valence-corrected chi connectivity index (χ4v) is 0.577. The Hall–Kier alpha value is -1.13. The topological polar surface area (TPSA) is 38.8 Å². The van der Waals surface area contributed by atoms with Crippen molar-refractivity contribution >= 4 is 0 Å². The van der Waals surface area contributed by atoms with Gasteiger partial charge in [0.05, 0.1) is 5.56 Å². The molecule has 5 heteroatoms. The lowest BCUT2D eigenvalue weighted by atomic mass is 10.3. The van der Waals surface area contributed by atoms with E-state index >= 15 is 0 Å². The van der Waals surface area contributed by atoms with Crippen molar-refractivity contribution in [2.45, 2.75) is 6.18 Å². The lowest BCUT2D eigenvalue weighted by molar-refractivity contribution is -0.281. The summed E-state index contributed by atoms with van der Waals surface area (Å²) in [7, 11) is 0. The average Bonchev–Trinajstić information content (AvgIpc) is 2.11. The Morgan fingerprint density at radius 3 is 2.20 bits per heavy atom. The maximum atomic E-state index is 11.7. The van der Waals surface area contributed by atoms with E-state index < -0.39 is 17.6 Å². The summed E-state index contributed by atoms with van der Waals surface area (Å²) in [5.41, 5.74) is -1.15. The van der Waals surface area contributed by atoms with Crippen LogP contribution in [0, 0.1) is 0 Å². The first kappa shape index (κ1) is 6.98. The fourth-order valence-electron chi connectivity index (χ4n) is 0.577. The van der Waals surface area contributed by atoms with Crippen molar-refractivity contribution in [2.75, 3.05) is 0 Å². The molecule has 1 heterocycles. The summed E-state index contributed by atoms with van der Waals surface area (Å²) in [5.74, 6) is -1.09. The molecule has 0 bridgehead atoms. The lowest BCUT2D eigenvalue weighted by Gasteiger charge is -2.09. The second-order valence-electron chi connectivity index (χ2n) is 1.72. The van der Waals surface area contributed by atoms with Gasteiger partial charge in [0, 0.05) is 6.20 Å². The number of H-pyrrole nitrogens is 1. The molecule has 0 fully saturated rings. The second kappa shape index (κ2) is 1.93. The molecular formula is C5H3F3NO-. The van der Waals surface area contributed by atoms with E-state index in [0.29, 0.717) is 6.07 Å². The molecule has 1 aromatic heterocycles. The molecule has 56 valence electrons. The van der Waals surface area contributed by atoms with Crippen LogP contribution in [0.25, 0.3) is 0 Å². The number of alkyl halides is 3. The standard InChI is InChI=1S/C5H4F3NO/c6-5(7,8)3-1-2-9-4(3)10/h1-2,9-10H/p-1. The molecule has 0 atom stereocenters. The number of nitrogens with one attached hydrogen (secondary N) is 1. The maximum absolute atomic E-state index is 11.7. The summed E-state index contributed by atoms with van der Waals surface area (Å²) in [6.07, 6.45) is -3.57. The van der Waals surface area contributed by atoms with Crippen LogP contribution in [0.2, 0.25) is 0 Å². The van der Waals surface area contributed by atoms with Crippen LogP contribution in [0.15, 0.2) is 12.3 Å². The van der Waals surface area contributed by atoms with Crippen LogP contribution in [0.1, 0.15) is 5.56 Å². The number of aromatic nitrogens is 1. The highest BCUT2D eigenvalue weighted by atomic mass is 19.4. The maximum Gasteiger partial charge on any atom is 0.417 e. The first-order valence-electron chi connectivity index (χ1n) is 2.43. The summed E-state index contributed by atoms with van der Waals surface area (Å²) < 4.78 is 35.0. The van der Waals surface area contributed by atoms with Crippen LogP contribution >= 0.6 is 0 Å². The van der Waals surface area contributed by atoms with Crippen molar-refractivity contribution in [3.8, 4) is 5.88 Å². The molecule has 1 N–H and O–H groups in total. The van der Waals surface area contributed by atoms with Crippen LogP contribution < -0.4 is 5.11 Å². The first-order chi connectivity index (χ1) is 4.52. The predicted octanol–water partition coefficient (Wildman–Crippen LogP) is 1.11. The Balaban J connectivity index is 3.05. The number of halogens is 3. The average molecular weight is 150 g/mol. The Morgan fingerprint density at radius 1 is 1.40 bits per heavy atom. The number of hydrogen-bond donors (Lipinski definition) is 1. The van der Waals surface area contributed by atoms with Gasteiger partial charge in [-0.1, -0.05) is 0 Å². The van der Waals surface area contributed by atoms with Gasteiger partial charge in [-0.3, -0.25) is 0 Å². The Kier molecular flexibility index (Phi) is 1.35. The number of aromatic amines is 1. The summed E-state index contributed by atoms with van der Waals surface area (Å²) in [6, 6.07) is 0.711. The van der Waals surface area contributed by atoms with E-state index in [1.807, 2.05) is 4.98 Å². The van der Waals surface area contributed by atoms with E-state index in [1.165, 1.54) is 0 Å². The monoisotopic (exact) mass is 150 g/mol. The molecule has 0 unspecified atom stereocenters. The van der Waals surface area contributed by atoms with Crippen LogP contribution in [-0.4, -0.2) is 4.98 Å². The van der Waals surface area contributed by atoms with E-state index in [9.17, 15) is 18.3 Å². The van der Waals surface area contributed by atoms with Gasteiger partial charge in [-0.25, -0.2) is 0 Å². The summed E-state index contributed by atoms with van der Waals surface area (Å²) in [5, 5.41) is 10.3. The van der Waals surface area contributed by atoms with Gasteiger partial charge < -0.3 is 10.1 Å². The van der Waals surface area contributed by atoms with Gasteiger partial charge in [0.25, 0.3) is 0 Å². The van der Waals surface area contributed by atoms with Gasteiger partial charge in [0.2, 0.25) is 0 Å². The lowest BCUT2D eigenvalue weighted by Crippen LogP contribution is -2.07. The molecule has 0 aliphatic carbocycles. The molecule has 0 aromatic carbocycles. The minimum atomic E-state index is -4.53. The van der Waals surface area contributed by atoms with Crippen LogP contribution in [-0.2, 0) is 6.18 Å². The van der Waals surface area contributed by atoms with Gasteiger partial charge in [0.15, 0.2) is 0 Å². The zero-order valence-corrected chi connectivity index (χ0v) is 4.70. The highest BCUT2D eigenvalue weighted by Crippen LogP contribution is 2.33. The van der Waals surface area contributed by atoms with Gasteiger partial charge in [-0.2, -0.15) is 13.2 Å². The normalized spacial score (nSPS) is 11.9. The second-order valence-corrected chi connectivity index (χ2v) is 1.72. The van der Waals surface area contributed by atoms with Gasteiger partial charge in [-0.05, 0) is 11.9 Å². The largest absolute Gasteiger partial charge is 0.860 e. The molecular weight excluding hydrogens is 147 g/mol. The summed E-state index contributed by atoms with van der Waals surface area (Å²) >= 11 is 0. The van der Waals surface area contributed by atoms with Crippen molar-refractivity contribution in [1.82, 2.24) is 4.98 Å². The molecule has 1 rings (SSSR count). The van der Waals surface area contributed by atoms with E-state index in [4.69, 9.17) is 0 Å². The van der Waals surface area contributed by atoms with Crippen molar-refractivity contribution in [1.29, 1.82) is 0 Å². The van der Waals surface area contributed by atoms with Gasteiger partial charge >= 0.3 is 6.18 Å². The van der Waals surface area contributed by atoms with Crippen molar-refractivity contribution < 1.29 is 18.3 Å². The van der Waals surface area contributed by atoms with Crippen molar-refractivity contribution in [3.63, 3.8) is 0 Å². The SMILES string of the molecule is [O-]c1[nH]ccc1C(F)(F)F. The highest BCUT2D eigenvalue weighted by Gasteiger charge is 2.31. The molecule has 0 amide bonds. The molecule has 1 aromatic rings. The third kappa shape index (κ3) is 1.07. The summed E-state index contributed by atoms with van der Waals surface area (Å²) in [4.78, 5) is 1.90. The molecule has 0 radical (unpaired) electrons. The molecule has 10 heavy (non-hydrogen) atoms. The molecule has 0 spiro atoms. The minimum Gasteiger partial charge on any atom is -0.860 e. The summed E-state index contributed by atoms with van der Waals surface area (Å²) in [6.45, 7) is 0. The van der Waals surface area contributed by atoms with Crippen LogP contribution in [0.4, 0.5) is 13.2 Å². The zero-order chi connectivity index (χ0) is 7.78. The highest BCUT2D eigenvalue weighted by molar-refractivity contribution is 5.26. The van der Waals surface area contributed by atoms with Crippen LogP contribution in [0.5, 0.6) is 5.88 Å². The molecule has 0 saturated carbocycles. The Bertz CT molecular complexity index is 227. The zero-order valence-electron chi connectivity index (χ0n) is 4.70. The van der Waals surface area contributed by atoms with Gasteiger partial charge in [-0.15, -0.1) is 0 Å². The van der Waals surface area contributed by atoms with E-state index in [1.54, 1.807) is 0 Å². The first-order valence-corrected chi connectivity index (χ1v) is 2.43. The van der Waals surface area contributed by atoms with E-state index in [-0.39, 0.29) is 0 Å². The smallest absolute Gasteiger partial charge is 0.417 e. The number of rotatable bonds is 0. The van der Waals surface area contributed by atoms with Crippen molar-refractivity contribution in [3.05, 3.63) is 17.8 Å². The molecule has 0 aliphatic heterocycles. The van der Waals surface area contributed by atoms with E-state index in [0.717, 1.165) is 6.20 Å². The third-order valence-electron chi connectivity index (χ3n) is 1.01. The van der Waals surface area contributed by atoms with Gasteiger partial charge in [0.1, 0.15) is 0 Å². The van der Waals surface area contributed by atoms with Crippen molar-refractivity contribution in [2.24, 2.45) is 0 Å². The third-order valence-corrected chi connectivity index (χ3v) is 1.01. The number of hydrogen-bond acceptors (Lipinski definition) is 1. The molecule has 0 saturated heterocycles. The van der Waals surface area contributed by atoms with E-state index in [2.05, 4.69) is 0 Å². The Labute approximate surface area is 54.3 Å².